The van der Waals surface area contributed by atoms with Gasteiger partial charge in [-0.25, -0.2) is 9.59 Å². The fraction of sp³-hybridized carbons (Fsp3) is 0.312. The second-order valence-corrected chi connectivity index (χ2v) is 5.57. The van der Waals surface area contributed by atoms with E-state index < -0.39 is 24.5 Å². The van der Waals surface area contributed by atoms with E-state index in [4.69, 9.17) is 26.2 Å². The lowest BCUT2D eigenvalue weighted by atomic mass is 10.1. The van der Waals surface area contributed by atoms with Gasteiger partial charge in [-0.1, -0.05) is 18.5 Å². The molecule has 1 aliphatic heterocycles. The number of hydrogen-bond acceptors (Lipinski definition) is 5. The molecule has 0 saturated carbocycles. The average Bonchev–Trinajstić information content (AvgIpc) is 2.81. The standard InChI is InChI=1S/C16H17ClN2O6/c1-3-4-19-15(22)11(18-16(19)23)6-9-5-10(17)14(12(7-9)24-2)25-8-13(20)21/h5-7H,3-4,8H2,1-2H3,(H,18,23)(H,20,21). The first-order valence-electron chi connectivity index (χ1n) is 7.44. The van der Waals surface area contributed by atoms with Crippen molar-refractivity contribution in [3.63, 3.8) is 0 Å². The molecule has 1 heterocycles. The van der Waals surface area contributed by atoms with Crippen LogP contribution in [0.5, 0.6) is 11.5 Å². The number of halogens is 1. The highest BCUT2D eigenvalue weighted by Crippen LogP contribution is 2.37. The van der Waals surface area contributed by atoms with Crippen molar-refractivity contribution in [1.29, 1.82) is 0 Å². The lowest BCUT2D eigenvalue weighted by Crippen LogP contribution is -2.31. The summed E-state index contributed by atoms with van der Waals surface area (Å²) in [7, 11) is 1.38. The molecule has 3 amide bonds. The maximum atomic E-state index is 12.2. The molecule has 1 fully saturated rings. The largest absolute Gasteiger partial charge is 0.493 e. The van der Waals surface area contributed by atoms with Gasteiger partial charge in [-0.2, -0.15) is 0 Å². The number of aliphatic carboxylic acids is 1. The summed E-state index contributed by atoms with van der Waals surface area (Å²) in [6.07, 6.45) is 2.12. The first kappa shape index (κ1) is 18.6. The number of amides is 3. The predicted octanol–water partition coefficient (Wildman–Crippen LogP) is 2.11. The second-order valence-electron chi connectivity index (χ2n) is 5.16. The highest BCUT2D eigenvalue weighted by Gasteiger charge is 2.32. The first-order chi connectivity index (χ1) is 11.9. The van der Waals surface area contributed by atoms with Gasteiger partial charge in [0.05, 0.1) is 12.1 Å². The summed E-state index contributed by atoms with van der Waals surface area (Å²) in [5.74, 6) is -1.28. The van der Waals surface area contributed by atoms with E-state index in [0.29, 0.717) is 18.5 Å². The molecule has 1 saturated heterocycles. The number of nitrogens with one attached hydrogen (secondary N) is 1. The van der Waals surface area contributed by atoms with E-state index in [1.54, 1.807) is 0 Å². The third kappa shape index (κ3) is 4.21. The van der Waals surface area contributed by atoms with Crippen molar-refractivity contribution in [2.75, 3.05) is 20.3 Å². The third-order valence-corrected chi connectivity index (χ3v) is 3.59. The summed E-state index contributed by atoms with van der Waals surface area (Å²) in [5, 5.41) is 11.3. The molecule has 0 bridgehead atoms. The molecule has 0 aromatic heterocycles. The predicted molar refractivity (Wildman–Crippen MR) is 89.6 cm³/mol. The van der Waals surface area contributed by atoms with Crippen molar-refractivity contribution >= 4 is 35.6 Å². The van der Waals surface area contributed by atoms with Crippen LogP contribution in [0, 0.1) is 0 Å². The van der Waals surface area contributed by atoms with Gasteiger partial charge < -0.3 is 19.9 Å². The van der Waals surface area contributed by atoms with Crippen LogP contribution in [0.1, 0.15) is 18.9 Å². The van der Waals surface area contributed by atoms with Crippen LogP contribution in [0.25, 0.3) is 6.08 Å². The number of carbonyl (C=O) groups is 3. The molecule has 0 atom stereocenters. The molecule has 134 valence electrons. The number of benzene rings is 1. The fourth-order valence-corrected chi connectivity index (χ4v) is 2.54. The lowest BCUT2D eigenvalue weighted by molar-refractivity contribution is -0.139. The number of methoxy groups -OCH3 is 1. The summed E-state index contributed by atoms with van der Waals surface area (Å²) >= 11 is 6.12. The van der Waals surface area contributed by atoms with Gasteiger partial charge in [0.2, 0.25) is 0 Å². The van der Waals surface area contributed by atoms with Gasteiger partial charge in [-0.05, 0) is 30.2 Å². The molecule has 8 nitrogen and oxygen atoms in total. The van der Waals surface area contributed by atoms with E-state index in [1.807, 2.05) is 6.92 Å². The van der Waals surface area contributed by atoms with Gasteiger partial charge in [-0.15, -0.1) is 0 Å². The van der Waals surface area contributed by atoms with Crippen LogP contribution in [0.15, 0.2) is 17.8 Å². The first-order valence-corrected chi connectivity index (χ1v) is 7.81. The summed E-state index contributed by atoms with van der Waals surface area (Å²) in [4.78, 5) is 35.8. The van der Waals surface area contributed by atoms with Gasteiger partial charge in [0.25, 0.3) is 5.91 Å². The van der Waals surface area contributed by atoms with Crippen LogP contribution in [-0.4, -0.2) is 48.2 Å². The van der Waals surface area contributed by atoms with Gasteiger partial charge in [0.15, 0.2) is 18.1 Å². The number of nitrogens with zero attached hydrogens (tertiary/aromatic N) is 1. The maximum Gasteiger partial charge on any atom is 0.341 e. The van der Waals surface area contributed by atoms with E-state index in [2.05, 4.69) is 5.32 Å². The number of carboxylic acids is 1. The van der Waals surface area contributed by atoms with Crippen LogP contribution in [0.2, 0.25) is 5.02 Å². The third-order valence-electron chi connectivity index (χ3n) is 3.31. The zero-order chi connectivity index (χ0) is 18.6. The van der Waals surface area contributed by atoms with Crippen LogP contribution in [0.4, 0.5) is 4.79 Å². The minimum absolute atomic E-state index is 0.0862. The van der Waals surface area contributed by atoms with Crippen LogP contribution < -0.4 is 14.8 Å². The quantitative estimate of drug-likeness (QED) is 0.564. The number of ether oxygens (including phenoxy) is 2. The summed E-state index contributed by atoms with van der Waals surface area (Å²) in [6, 6.07) is 2.53. The van der Waals surface area contributed by atoms with Crippen molar-refractivity contribution < 1.29 is 29.0 Å². The SMILES string of the molecule is CCCN1C(=O)NC(=Cc2cc(Cl)c(OCC(=O)O)c(OC)c2)C1=O. The molecule has 0 aliphatic carbocycles. The Hall–Kier alpha value is -2.74. The van der Waals surface area contributed by atoms with E-state index >= 15 is 0 Å². The summed E-state index contributed by atoms with van der Waals surface area (Å²) in [6.45, 7) is 1.62. The Morgan fingerprint density at radius 1 is 1.40 bits per heavy atom. The summed E-state index contributed by atoms with van der Waals surface area (Å²) in [5.41, 5.74) is 0.613. The number of carbonyl (C=O) groups excluding carboxylic acids is 2. The Kier molecular flexibility index (Phi) is 5.87. The van der Waals surface area contributed by atoms with Crippen LogP contribution in [0.3, 0.4) is 0 Å². The zero-order valence-electron chi connectivity index (χ0n) is 13.7. The molecule has 1 aliphatic rings. The average molecular weight is 369 g/mol. The normalized spacial score (nSPS) is 15.5. The molecule has 0 spiro atoms. The Bertz CT molecular complexity index is 746. The maximum absolute atomic E-state index is 12.2. The smallest absolute Gasteiger partial charge is 0.341 e. The number of imide groups is 1. The Morgan fingerprint density at radius 2 is 2.12 bits per heavy atom. The van der Waals surface area contributed by atoms with E-state index in [9.17, 15) is 14.4 Å². The summed E-state index contributed by atoms with van der Waals surface area (Å²) < 4.78 is 10.3. The highest BCUT2D eigenvalue weighted by molar-refractivity contribution is 6.32. The number of urea groups is 1. The minimum atomic E-state index is -1.15. The van der Waals surface area contributed by atoms with Crippen molar-refractivity contribution in [2.24, 2.45) is 0 Å². The minimum Gasteiger partial charge on any atom is -0.493 e. The second kappa shape index (κ2) is 7.89. The monoisotopic (exact) mass is 368 g/mol. The van der Waals surface area contributed by atoms with E-state index in [0.717, 1.165) is 4.90 Å². The molecule has 1 aromatic carbocycles. The molecule has 0 unspecified atom stereocenters. The van der Waals surface area contributed by atoms with Gasteiger partial charge in [0, 0.05) is 6.54 Å². The molecule has 1 aromatic rings. The van der Waals surface area contributed by atoms with Crippen molar-refractivity contribution in [2.45, 2.75) is 13.3 Å². The number of hydrogen-bond donors (Lipinski definition) is 2. The van der Waals surface area contributed by atoms with Crippen LogP contribution >= 0.6 is 11.6 Å². The molecule has 0 radical (unpaired) electrons. The number of rotatable bonds is 7. The van der Waals surface area contributed by atoms with Gasteiger partial charge in [-0.3, -0.25) is 9.69 Å². The molecular weight excluding hydrogens is 352 g/mol. The van der Waals surface area contributed by atoms with E-state index in [1.165, 1.54) is 25.3 Å². The molecule has 25 heavy (non-hydrogen) atoms. The highest BCUT2D eigenvalue weighted by atomic mass is 35.5. The Morgan fingerprint density at radius 3 is 2.72 bits per heavy atom. The van der Waals surface area contributed by atoms with Gasteiger partial charge in [0.1, 0.15) is 5.70 Å². The van der Waals surface area contributed by atoms with Crippen molar-refractivity contribution in [3.05, 3.63) is 28.4 Å². The molecule has 2 rings (SSSR count). The fourth-order valence-electron chi connectivity index (χ4n) is 2.26. The lowest BCUT2D eigenvalue weighted by Gasteiger charge is -2.12. The number of carboxylic acid groups (broad SMARTS) is 1. The zero-order valence-corrected chi connectivity index (χ0v) is 14.4. The van der Waals surface area contributed by atoms with Gasteiger partial charge >= 0.3 is 12.0 Å². The van der Waals surface area contributed by atoms with Crippen LogP contribution in [-0.2, 0) is 9.59 Å². The van der Waals surface area contributed by atoms with E-state index in [-0.39, 0.29) is 22.2 Å². The Balaban J connectivity index is 2.31. The molecular formula is C16H17ClN2O6. The van der Waals surface area contributed by atoms with Crippen molar-refractivity contribution in [3.8, 4) is 11.5 Å². The van der Waals surface area contributed by atoms with Crippen molar-refractivity contribution in [1.82, 2.24) is 10.2 Å². The topological polar surface area (TPSA) is 105 Å². The molecule has 2 N–H and O–H groups in total. The Labute approximate surface area is 149 Å². The molecule has 9 heteroatoms.